The van der Waals surface area contributed by atoms with Crippen LogP contribution >= 0.6 is 27.7 Å². The van der Waals surface area contributed by atoms with Gasteiger partial charge in [-0.15, -0.1) is 11.8 Å². The van der Waals surface area contributed by atoms with E-state index >= 15 is 0 Å². The molecule has 0 atom stereocenters. The third kappa shape index (κ3) is 5.19. The molecule has 0 N–H and O–H groups in total. The molecular formula is C23H24BrNO4S. The van der Waals surface area contributed by atoms with Gasteiger partial charge in [0.1, 0.15) is 13.2 Å². The Kier molecular flexibility index (Phi) is 7.00. The fourth-order valence-corrected chi connectivity index (χ4v) is 4.87. The molecule has 0 aliphatic carbocycles. The smallest absolute Gasteiger partial charge is 0.223 e. The zero-order chi connectivity index (χ0) is 20.9. The van der Waals surface area contributed by atoms with Crippen molar-refractivity contribution >= 4 is 39.4 Å². The second-order valence-corrected chi connectivity index (χ2v) is 9.51. The van der Waals surface area contributed by atoms with E-state index in [1.54, 1.807) is 17.8 Å². The molecule has 0 bridgehead atoms. The Morgan fingerprint density at radius 3 is 2.43 bits per heavy atom. The van der Waals surface area contributed by atoms with Crippen LogP contribution in [0, 0.1) is 5.92 Å². The summed E-state index contributed by atoms with van der Waals surface area (Å²) in [6.07, 6.45) is 1.93. The van der Waals surface area contributed by atoms with Crippen molar-refractivity contribution in [3.05, 3.63) is 52.5 Å². The van der Waals surface area contributed by atoms with E-state index in [0.717, 1.165) is 15.1 Å². The minimum Gasteiger partial charge on any atom is -0.486 e. The fraction of sp³-hybridized carbons (Fsp3) is 0.391. The summed E-state index contributed by atoms with van der Waals surface area (Å²) < 4.78 is 12.2. The van der Waals surface area contributed by atoms with Gasteiger partial charge in [0, 0.05) is 46.1 Å². The molecule has 1 saturated heterocycles. The minimum atomic E-state index is -0.0475. The molecule has 4 rings (SSSR count). The predicted octanol–water partition coefficient (Wildman–Crippen LogP) is 4.82. The number of ketones is 1. The Morgan fingerprint density at radius 1 is 1.00 bits per heavy atom. The first-order valence-electron chi connectivity index (χ1n) is 10.2. The maximum absolute atomic E-state index is 12.9. The maximum Gasteiger partial charge on any atom is 0.223 e. The van der Waals surface area contributed by atoms with Crippen molar-refractivity contribution < 1.29 is 19.1 Å². The van der Waals surface area contributed by atoms with Crippen LogP contribution in [0.3, 0.4) is 0 Å². The molecule has 158 valence electrons. The number of fused-ring (bicyclic) bond motifs is 1. The van der Waals surface area contributed by atoms with Gasteiger partial charge in [-0.1, -0.05) is 15.9 Å². The van der Waals surface area contributed by atoms with E-state index in [1.807, 2.05) is 41.3 Å². The number of hydrogen-bond acceptors (Lipinski definition) is 5. The molecule has 7 heteroatoms. The molecule has 1 fully saturated rings. The molecule has 5 nitrogen and oxygen atoms in total. The third-order valence-corrected chi connectivity index (χ3v) is 6.99. The molecule has 0 spiro atoms. The zero-order valence-electron chi connectivity index (χ0n) is 16.6. The standard InChI is InChI=1S/C23H24BrNO4S/c24-18-2-4-19(5-3-18)30-14-9-22(26)25-10-7-16(8-11-25)23(27)17-1-6-20-21(15-17)29-13-12-28-20/h1-6,15-16H,7-14H2. The minimum absolute atomic E-state index is 0.0475. The largest absolute Gasteiger partial charge is 0.486 e. The number of likely N-dealkylation sites (tertiary alicyclic amines) is 1. The van der Waals surface area contributed by atoms with Crippen LogP contribution in [0.15, 0.2) is 51.8 Å². The number of thioether (sulfide) groups is 1. The molecule has 30 heavy (non-hydrogen) atoms. The van der Waals surface area contributed by atoms with E-state index in [9.17, 15) is 9.59 Å². The highest BCUT2D eigenvalue weighted by Gasteiger charge is 2.28. The molecule has 2 heterocycles. The van der Waals surface area contributed by atoms with Crippen molar-refractivity contribution in [2.45, 2.75) is 24.2 Å². The Hall–Kier alpha value is -1.99. The van der Waals surface area contributed by atoms with Crippen LogP contribution in [-0.4, -0.2) is 48.6 Å². The van der Waals surface area contributed by atoms with Crippen molar-refractivity contribution in [2.75, 3.05) is 32.1 Å². The zero-order valence-corrected chi connectivity index (χ0v) is 19.0. The fourth-order valence-electron chi connectivity index (χ4n) is 3.77. The van der Waals surface area contributed by atoms with Gasteiger partial charge in [0.2, 0.25) is 5.91 Å². The highest BCUT2D eigenvalue weighted by molar-refractivity contribution is 9.10. The lowest BCUT2D eigenvalue weighted by Gasteiger charge is -2.31. The summed E-state index contributed by atoms with van der Waals surface area (Å²) >= 11 is 5.12. The van der Waals surface area contributed by atoms with Gasteiger partial charge >= 0.3 is 0 Å². The van der Waals surface area contributed by atoms with Crippen molar-refractivity contribution in [3.63, 3.8) is 0 Å². The van der Waals surface area contributed by atoms with Crippen LogP contribution < -0.4 is 9.47 Å². The number of Topliss-reactive ketones (excluding diaryl/α,β-unsaturated/α-hetero) is 1. The number of amides is 1. The maximum atomic E-state index is 12.9. The summed E-state index contributed by atoms with van der Waals surface area (Å²) in [4.78, 5) is 28.5. The molecule has 2 aromatic rings. The molecule has 0 unspecified atom stereocenters. The predicted molar refractivity (Wildman–Crippen MR) is 121 cm³/mol. The lowest BCUT2D eigenvalue weighted by molar-refractivity contribution is -0.131. The highest BCUT2D eigenvalue weighted by atomic mass is 79.9. The van der Waals surface area contributed by atoms with Crippen LogP contribution in [0.4, 0.5) is 0 Å². The summed E-state index contributed by atoms with van der Waals surface area (Å²) in [6, 6.07) is 13.5. The van der Waals surface area contributed by atoms with E-state index in [0.29, 0.717) is 62.6 Å². The van der Waals surface area contributed by atoms with Crippen LogP contribution in [0.1, 0.15) is 29.6 Å². The number of halogens is 1. The Bertz CT molecular complexity index is 910. The van der Waals surface area contributed by atoms with E-state index in [4.69, 9.17) is 9.47 Å². The molecule has 2 aromatic carbocycles. The number of hydrogen-bond donors (Lipinski definition) is 0. The van der Waals surface area contributed by atoms with Gasteiger partial charge in [0.05, 0.1) is 0 Å². The highest BCUT2D eigenvalue weighted by Crippen LogP contribution is 2.32. The van der Waals surface area contributed by atoms with Gasteiger partial charge in [-0.25, -0.2) is 0 Å². The average Bonchev–Trinajstić information content (AvgIpc) is 2.79. The van der Waals surface area contributed by atoms with Crippen LogP contribution in [0.2, 0.25) is 0 Å². The van der Waals surface area contributed by atoms with Crippen LogP contribution in [0.25, 0.3) is 0 Å². The van der Waals surface area contributed by atoms with Crippen molar-refractivity contribution in [3.8, 4) is 11.5 Å². The summed E-state index contributed by atoms with van der Waals surface area (Å²) in [6.45, 7) is 2.32. The summed E-state index contributed by atoms with van der Waals surface area (Å²) in [5.74, 6) is 2.35. The van der Waals surface area contributed by atoms with Gasteiger partial charge in [-0.3, -0.25) is 9.59 Å². The van der Waals surface area contributed by atoms with Crippen molar-refractivity contribution in [1.82, 2.24) is 4.90 Å². The summed E-state index contributed by atoms with van der Waals surface area (Å²) in [5.41, 5.74) is 0.662. The molecule has 0 aromatic heterocycles. The van der Waals surface area contributed by atoms with Crippen LogP contribution in [0.5, 0.6) is 11.5 Å². The van der Waals surface area contributed by atoms with E-state index in [-0.39, 0.29) is 17.6 Å². The lowest BCUT2D eigenvalue weighted by Crippen LogP contribution is -2.40. The summed E-state index contributed by atoms with van der Waals surface area (Å²) in [5, 5.41) is 0. The molecule has 1 amide bonds. The number of piperidine rings is 1. The van der Waals surface area contributed by atoms with E-state index < -0.39 is 0 Å². The van der Waals surface area contributed by atoms with Crippen molar-refractivity contribution in [2.24, 2.45) is 5.92 Å². The second kappa shape index (κ2) is 9.88. The van der Waals surface area contributed by atoms with Gasteiger partial charge in [-0.05, 0) is 55.3 Å². The molecule has 0 radical (unpaired) electrons. The molecule has 2 aliphatic rings. The summed E-state index contributed by atoms with van der Waals surface area (Å²) in [7, 11) is 0. The topological polar surface area (TPSA) is 55.8 Å². The van der Waals surface area contributed by atoms with Crippen molar-refractivity contribution in [1.29, 1.82) is 0 Å². The van der Waals surface area contributed by atoms with E-state index in [2.05, 4.69) is 15.9 Å². The average molecular weight is 490 g/mol. The quantitative estimate of drug-likeness (QED) is 0.429. The van der Waals surface area contributed by atoms with Crippen LogP contribution in [-0.2, 0) is 4.79 Å². The van der Waals surface area contributed by atoms with Gasteiger partial charge < -0.3 is 14.4 Å². The Morgan fingerprint density at radius 2 is 1.70 bits per heavy atom. The number of nitrogens with zero attached hydrogens (tertiary/aromatic N) is 1. The Labute approximate surface area is 189 Å². The molecular weight excluding hydrogens is 466 g/mol. The monoisotopic (exact) mass is 489 g/mol. The number of rotatable bonds is 6. The van der Waals surface area contributed by atoms with Gasteiger partial charge in [-0.2, -0.15) is 0 Å². The number of carbonyl (C=O) groups excluding carboxylic acids is 2. The first-order chi connectivity index (χ1) is 14.6. The first kappa shape index (κ1) is 21.2. The SMILES string of the molecule is O=C(c1ccc2c(c1)OCCO2)C1CCN(C(=O)CCSc2ccc(Br)cc2)CC1. The normalized spacial score (nSPS) is 16.4. The molecule has 0 saturated carbocycles. The van der Waals surface area contributed by atoms with Gasteiger partial charge in [0.25, 0.3) is 0 Å². The number of benzene rings is 2. The van der Waals surface area contributed by atoms with E-state index in [1.165, 1.54) is 0 Å². The number of carbonyl (C=O) groups is 2. The number of ether oxygens (including phenoxy) is 2. The third-order valence-electron chi connectivity index (χ3n) is 5.44. The second-order valence-electron chi connectivity index (χ2n) is 7.43. The molecule has 2 aliphatic heterocycles. The Balaban J connectivity index is 1.24. The van der Waals surface area contributed by atoms with Gasteiger partial charge in [0.15, 0.2) is 17.3 Å². The lowest BCUT2D eigenvalue weighted by atomic mass is 9.88. The first-order valence-corrected chi connectivity index (χ1v) is 12.0.